The smallest absolute Gasteiger partial charge is 0.424 e. The quantitative estimate of drug-likeness (QED) is 0.810. The van der Waals surface area contributed by atoms with Gasteiger partial charge in [-0.3, -0.25) is 4.99 Å². The lowest BCUT2D eigenvalue weighted by atomic mass is 9.90. The minimum Gasteiger partial charge on any atom is -0.482 e. The monoisotopic (exact) mass is 305 g/mol. The molecule has 2 heterocycles. The van der Waals surface area contributed by atoms with Gasteiger partial charge in [0.15, 0.2) is 0 Å². The van der Waals surface area contributed by atoms with Crippen LogP contribution < -0.4 is 5.73 Å². The number of aliphatic imine (C=N–C) groups is 1. The summed E-state index contributed by atoms with van der Waals surface area (Å²) in [5.41, 5.74) is 8.56. The van der Waals surface area contributed by atoms with Crippen LogP contribution in [-0.4, -0.2) is 29.2 Å². The predicted molar refractivity (Wildman–Crippen MR) is 67.6 cm³/mol. The summed E-state index contributed by atoms with van der Waals surface area (Å²) >= 11 is 0. The van der Waals surface area contributed by atoms with Crippen LogP contribution in [0.5, 0.6) is 0 Å². The van der Waals surface area contributed by atoms with E-state index in [1.54, 1.807) is 0 Å². The Balaban J connectivity index is 2.51. The maximum Gasteiger partial charge on any atom is 0.424 e. The standard InChI is InChI=1S/C12H13F4N4O/c1-10(6-3-8(17)19-4-7(6)13)5-21-11(2,9(18)20-10)12(14,15)16/h3-4H,5H2,1-2H3,(H3-,17,18,19,20)/q-1/t10-,11+/m0/s1. The van der Waals surface area contributed by atoms with Crippen LogP contribution >= 0.6 is 0 Å². The van der Waals surface area contributed by atoms with Crippen LogP contribution in [0.15, 0.2) is 17.3 Å². The van der Waals surface area contributed by atoms with Crippen LogP contribution in [0.2, 0.25) is 0 Å². The molecule has 0 amide bonds. The number of alkyl halides is 3. The van der Waals surface area contributed by atoms with Crippen LogP contribution in [0.3, 0.4) is 0 Å². The number of hydrogen-bond donors (Lipinski definition) is 1. The van der Waals surface area contributed by atoms with Crippen molar-refractivity contribution in [2.75, 3.05) is 6.61 Å². The van der Waals surface area contributed by atoms with Gasteiger partial charge in [-0.2, -0.15) is 13.2 Å². The Labute approximate surface area is 118 Å². The first-order valence-electron chi connectivity index (χ1n) is 5.94. The molecule has 0 unspecified atom stereocenters. The summed E-state index contributed by atoms with van der Waals surface area (Å²) in [4.78, 5) is 7.25. The summed E-state index contributed by atoms with van der Waals surface area (Å²) in [5.74, 6) is -1.80. The Kier molecular flexibility index (Phi) is 3.36. The third-order valence-corrected chi connectivity index (χ3v) is 3.47. The number of aromatic nitrogens is 1. The molecule has 2 rings (SSSR count). The van der Waals surface area contributed by atoms with Gasteiger partial charge >= 0.3 is 6.18 Å². The normalized spacial score (nSPS) is 30.1. The van der Waals surface area contributed by atoms with Gasteiger partial charge in [-0.15, -0.1) is 0 Å². The van der Waals surface area contributed by atoms with Gasteiger partial charge in [0.1, 0.15) is 17.2 Å². The maximum absolute atomic E-state index is 13.8. The molecule has 9 heteroatoms. The predicted octanol–water partition coefficient (Wildman–Crippen LogP) is 2.83. The molecule has 0 radical (unpaired) electrons. The number of rotatable bonds is 1. The molecule has 0 aliphatic carbocycles. The van der Waals surface area contributed by atoms with Gasteiger partial charge in [-0.1, -0.05) is 11.9 Å². The minimum atomic E-state index is -4.74. The molecule has 1 aromatic rings. The second-order valence-corrected chi connectivity index (χ2v) is 5.14. The van der Waals surface area contributed by atoms with Gasteiger partial charge in [0, 0.05) is 5.56 Å². The van der Waals surface area contributed by atoms with E-state index in [-0.39, 0.29) is 11.4 Å². The van der Waals surface area contributed by atoms with Gasteiger partial charge < -0.3 is 21.2 Å². The zero-order valence-corrected chi connectivity index (χ0v) is 11.3. The molecular formula is C12H13F4N4O-. The average Bonchev–Trinajstić information content (AvgIpc) is 2.36. The third-order valence-electron chi connectivity index (χ3n) is 3.47. The number of pyridine rings is 1. The number of nitrogens with one attached hydrogen (secondary N) is 1. The summed E-state index contributed by atoms with van der Waals surface area (Å²) in [6, 6.07) is 1.09. The fourth-order valence-corrected chi connectivity index (χ4v) is 1.98. The van der Waals surface area contributed by atoms with Crippen molar-refractivity contribution in [3.63, 3.8) is 0 Å². The van der Waals surface area contributed by atoms with E-state index in [9.17, 15) is 17.6 Å². The molecule has 0 saturated heterocycles. The summed E-state index contributed by atoms with van der Waals surface area (Å²) in [7, 11) is 0. The van der Waals surface area contributed by atoms with Crippen molar-refractivity contribution in [2.45, 2.75) is 31.2 Å². The fraction of sp³-hybridized carbons (Fsp3) is 0.500. The molecule has 1 aliphatic heterocycles. The van der Waals surface area contributed by atoms with Crippen molar-refractivity contribution in [3.8, 4) is 0 Å². The second kappa shape index (κ2) is 4.55. The first-order chi connectivity index (χ1) is 9.49. The van der Waals surface area contributed by atoms with Gasteiger partial charge in [0.25, 0.3) is 0 Å². The van der Waals surface area contributed by atoms with E-state index in [0.29, 0.717) is 0 Å². The molecule has 0 saturated carbocycles. The van der Waals surface area contributed by atoms with Crippen LogP contribution in [0, 0.1) is 5.82 Å². The third kappa shape index (κ3) is 2.41. The Morgan fingerprint density at radius 3 is 2.52 bits per heavy atom. The Hall–Kier alpha value is -1.90. The Bertz CT molecular complexity index is 603. The number of nitrogens with two attached hydrogens (primary N) is 1. The number of hydrogen-bond acceptors (Lipinski definition) is 4. The summed E-state index contributed by atoms with van der Waals surface area (Å²) in [6.45, 7) is 1.63. The van der Waals surface area contributed by atoms with Gasteiger partial charge in [-0.05, 0) is 20.0 Å². The fourth-order valence-electron chi connectivity index (χ4n) is 1.98. The molecule has 2 atom stereocenters. The van der Waals surface area contributed by atoms with Crippen molar-refractivity contribution in [1.82, 2.24) is 4.98 Å². The van der Waals surface area contributed by atoms with Gasteiger partial charge in [0.2, 0.25) is 5.60 Å². The van der Waals surface area contributed by atoms with Crippen LogP contribution in [-0.2, 0) is 10.3 Å². The van der Waals surface area contributed by atoms with Crippen LogP contribution in [0.4, 0.5) is 23.4 Å². The molecule has 5 nitrogen and oxygen atoms in total. The zero-order valence-electron chi connectivity index (χ0n) is 11.3. The molecule has 1 aliphatic rings. The summed E-state index contributed by atoms with van der Waals surface area (Å²) in [6.07, 6.45) is -3.93. The van der Waals surface area contributed by atoms with Crippen molar-refractivity contribution in [1.29, 1.82) is 0 Å². The topological polar surface area (TPSA) is 84.3 Å². The zero-order chi connectivity index (χ0) is 16.1. The lowest BCUT2D eigenvalue weighted by Gasteiger charge is -2.41. The number of ether oxygens (including phenoxy) is 1. The van der Waals surface area contributed by atoms with E-state index >= 15 is 0 Å². The molecular weight excluding hydrogens is 292 g/mol. The number of halogens is 4. The summed E-state index contributed by atoms with van der Waals surface area (Å²) in [5, 5.41) is 0. The van der Waals surface area contributed by atoms with E-state index in [1.165, 1.54) is 6.92 Å². The van der Waals surface area contributed by atoms with Crippen LogP contribution in [0.1, 0.15) is 19.4 Å². The molecule has 0 aromatic carbocycles. The maximum atomic E-state index is 13.8. The molecule has 3 N–H and O–H groups in total. The first kappa shape index (κ1) is 15.5. The highest BCUT2D eigenvalue weighted by molar-refractivity contribution is 5.90. The van der Waals surface area contributed by atoms with E-state index in [1.807, 2.05) is 0 Å². The molecule has 0 bridgehead atoms. The van der Waals surface area contributed by atoms with Gasteiger partial charge in [-0.25, -0.2) is 4.39 Å². The average molecular weight is 305 g/mol. The van der Waals surface area contributed by atoms with E-state index < -0.39 is 35.6 Å². The SMILES string of the molecule is C[C@@]1(c2cc([NH-])ncc2F)CO[C@@](C)(C(F)(F)F)C(N)=N1. The minimum absolute atomic E-state index is 0.0883. The van der Waals surface area contributed by atoms with Crippen molar-refractivity contribution < 1.29 is 22.3 Å². The van der Waals surface area contributed by atoms with Crippen molar-refractivity contribution >= 4 is 11.7 Å². The summed E-state index contributed by atoms with van der Waals surface area (Å²) < 4.78 is 57.6. The van der Waals surface area contributed by atoms with Crippen LogP contribution in [0.25, 0.3) is 5.73 Å². The lowest BCUT2D eigenvalue weighted by molar-refractivity contribution is -0.249. The van der Waals surface area contributed by atoms with Gasteiger partial charge in [0.05, 0.1) is 6.61 Å². The highest BCUT2D eigenvalue weighted by Crippen LogP contribution is 2.41. The van der Waals surface area contributed by atoms with Crippen molar-refractivity contribution in [3.05, 3.63) is 29.4 Å². The lowest BCUT2D eigenvalue weighted by Crippen LogP contribution is -2.60. The molecule has 0 spiro atoms. The largest absolute Gasteiger partial charge is 0.482 e. The van der Waals surface area contributed by atoms with Crippen molar-refractivity contribution in [2.24, 2.45) is 10.7 Å². The molecule has 1 aromatic heterocycles. The molecule has 0 fully saturated rings. The Morgan fingerprint density at radius 1 is 1.38 bits per heavy atom. The molecule has 116 valence electrons. The van der Waals surface area contributed by atoms with E-state index in [2.05, 4.69) is 9.98 Å². The molecule has 21 heavy (non-hydrogen) atoms. The van der Waals surface area contributed by atoms with E-state index in [4.69, 9.17) is 16.2 Å². The highest BCUT2D eigenvalue weighted by atomic mass is 19.4. The number of nitrogens with zero attached hydrogens (tertiary/aromatic N) is 2. The highest BCUT2D eigenvalue weighted by Gasteiger charge is 2.59. The number of amidine groups is 1. The Morgan fingerprint density at radius 2 is 2.00 bits per heavy atom. The second-order valence-electron chi connectivity index (χ2n) is 5.14. The van der Waals surface area contributed by atoms with E-state index in [0.717, 1.165) is 19.2 Å². The first-order valence-corrected chi connectivity index (χ1v) is 5.94.